The first-order valence-corrected chi connectivity index (χ1v) is 9.98. The second-order valence-corrected chi connectivity index (χ2v) is 7.82. The Morgan fingerprint density at radius 1 is 1.14 bits per heavy atom. The fourth-order valence-electron chi connectivity index (χ4n) is 3.52. The van der Waals surface area contributed by atoms with Gasteiger partial charge in [0.05, 0.1) is 6.42 Å². The number of fused-ring (bicyclic) bond motifs is 1. The second-order valence-electron chi connectivity index (χ2n) is 7.82. The quantitative estimate of drug-likeness (QED) is 0.588. The van der Waals surface area contributed by atoms with Gasteiger partial charge in [0.2, 0.25) is 0 Å². The van der Waals surface area contributed by atoms with Crippen LogP contribution in [0.25, 0.3) is 0 Å². The number of ketones is 1. The number of aromatic hydroxyl groups is 2. The molecule has 0 radical (unpaired) electrons. The van der Waals surface area contributed by atoms with Crippen molar-refractivity contribution in [3.63, 3.8) is 0 Å². The van der Waals surface area contributed by atoms with E-state index in [1.54, 1.807) is 0 Å². The highest BCUT2D eigenvalue weighted by atomic mass is 16.5. The molecule has 2 aromatic rings. The van der Waals surface area contributed by atoms with E-state index in [4.69, 9.17) is 4.74 Å². The number of phenols is 2. The SMILES string of the molecule is CC(C)=CCC/C(C)=C/Cc1c(O)cc2c(c1O)C(=O)C[C@@H](c1ccccc1)O2. The molecule has 4 heteroatoms. The lowest BCUT2D eigenvalue weighted by molar-refractivity contribution is 0.0844. The van der Waals surface area contributed by atoms with Gasteiger partial charge < -0.3 is 14.9 Å². The lowest BCUT2D eigenvalue weighted by Gasteiger charge is -2.27. The minimum Gasteiger partial charge on any atom is -0.507 e. The Labute approximate surface area is 172 Å². The third-order valence-electron chi connectivity index (χ3n) is 5.18. The Balaban J connectivity index is 1.82. The first-order valence-electron chi connectivity index (χ1n) is 9.98. The predicted octanol–water partition coefficient (Wildman–Crippen LogP) is 6.04. The molecular weight excluding hydrogens is 364 g/mol. The van der Waals surface area contributed by atoms with Crippen molar-refractivity contribution in [3.05, 3.63) is 76.4 Å². The molecule has 0 saturated heterocycles. The number of rotatable bonds is 6. The highest BCUT2D eigenvalue weighted by Gasteiger charge is 2.32. The van der Waals surface area contributed by atoms with Crippen molar-refractivity contribution >= 4 is 5.78 Å². The predicted molar refractivity (Wildman–Crippen MR) is 115 cm³/mol. The largest absolute Gasteiger partial charge is 0.507 e. The van der Waals surface area contributed by atoms with Crippen LogP contribution in [-0.4, -0.2) is 16.0 Å². The molecule has 2 aromatic carbocycles. The molecule has 29 heavy (non-hydrogen) atoms. The van der Waals surface area contributed by atoms with Crippen molar-refractivity contribution in [2.45, 2.75) is 52.6 Å². The molecule has 0 fully saturated rings. The zero-order chi connectivity index (χ0) is 21.0. The highest BCUT2D eigenvalue weighted by Crippen LogP contribution is 2.44. The average Bonchev–Trinajstić information content (AvgIpc) is 2.67. The summed E-state index contributed by atoms with van der Waals surface area (Å²) in [6.45, 7) is 6.18. The molecule has 0 unspecified atom stereocenters. The van der Waals surface area contributed by atoms with Crippen LogP contribution in [0.4, 0.5) is 0 Å². The normalized spacial score (nSPS) is 16.2. The second kappa shape index (κ2) is 8.99. The first kappa shape index (κ1) is 20.7. The number of benzene rings is 2. The maximum Gasteiger partial charge on any atom is 0.174 e. The number of Topliss-reactive ketones (excluding diaryl/α,β-unsaturated/α-hetero) is 1. The Hall–Kier alpha value is -3.01. The number of carbonyl (C=O) groups excluding carboxylic acids is 1. The molecule has 0 spiro atoms. The number of hydrogen-bond donors (Lipinski definition) is 2. The van der Waals surface area contributed by atoms with Crippen molar-refractivity contribution < 1.29 is 19.7 Å². The van der Waals surface area contributed by atoms with Gasteiger partial charge in [-0.1, -0.05) is 53.6 Å². The van der Waals surface area contributed by atoms with E-state index >= 15 is 0 Å². The maximum atomic E-state index is 12.8. The van der Waals surface area contributed by atoms with Gasteiger partial charge in [0, 0.05) is 11.6 Å². The molecule has 0 bridgehead atoms. The van der Waals surface area contributed by atoms with Crippen LogP contribution in [0, 0.1) is 0 Å². The molecule has 1 aliphatic heterocycles. The summed E-state index contributed by atoms with van der Waals surface area (Å²) in [6, 6.07) is 10.9. The molecule has 1 aliphatic rings. The van der Waals surface area contributed by atoms with Crippen LogP contribution in [-0.2, 0) is 6.42 Å². The van der Waals surface area contributed by atoms with Gasteiger partial charge in [-0.2, -0.15) is 0 Å². The topological polar surface area (TPSA) is 66.8 Å². The Kier molecular flexibility index (Phi) is 6.42. The van der Waals surface area contributed by atoms with Gasteiger partial charge in [0.15, 0.2) is 5.78 Å². The van der Waals surface area contributed by atoms with E-state index in [1.165, 1.54) is 17.2 Å². The van der Waals surface area contributed by atoms with E-state index < -0.39 is 6.10 Å². The lowest BCUT2D eigenvalue weighted by atomic mass is 9.92. The summed E-state index contributed by atoms with van der Waals surface area (Å²) >= 11 is 0. The van der Waals surface area contributed by atoms with E-state index in [1.807, 2.05) is 43.3 Å². The van der Waals surface area contributed by atoms with E-state index in [9.17, 15) is 15.0 Å². The third kappa shape index (κ3) is 4.89. The molecule has 1 heterocycles. The van der Waals surface area contributed by atoms with Gasteiger partial charge in [-0.3, -0.25) is 4.79 Å². The molecule has 0 amide bonds. The van der Waals surface area contributed by atoms with Crippen molar-refractivity contribution in [3.8, 4) is 17.2 Å². The van der Waals surface area contributed by atoms with Gasteiger partial charge in [-0.15, -0.1) is 0 Å². The van der Waals surface area contributed by atoms with Crippen LogP contribution < -0.4 is 4.74 Å². The maximum absolute atomic E-state index is 12.8. The summed E-state index contributed by atoms with van der Waals surface area (Å²) in [5.74, 6) is -0.179. The monoisotopic (exact) mass is 392 g/mol. The summed E-state index contributed by atoms with van der Waals surface area (Å²) in [5.41, 5.74) is 3.88. The van der Waals surface area contributed by atoms with E-state index in [-0.39, 0.29) is 35.0 Å². The highest BCUT2D eigenvalue weighted by molar-refractivity contribution is 6.03. The molecule has 0 saturated carbocycles. The van der Waals surface area contributed by atoms with Crippen molar-refractivity contribution in [1.29, 1.82) is 0 Å². The first-order chi connectivity index (χ1) is 13.9. The van der Waals surface area contributed by atoms with E-state index in [2.05, 4.69) is 19.9 Å². The van der Waals surface area contributed by atoms with Crippen LogP contribution in [0.15, 0.2) is 59.7 Å². The van der Waals surface area contributed by atoms with E-state index in [0.29, 0.717) is 12.0 Å². The average molecular weight is 392 g/mol. The number of carbonyl (C=O) groups is 1. The van der Waals surface area contributed by atoms with Crippen molar-refractivity contribution in [1.82, 2.24) is 0 Å². The molecule has 4 nitrogen and oxygen atoms in total. The third-order valence-corrected chi connectivity index (χ3v) is 5.18. The summed E-state index contributed by atoms with van der Waals surface area (Å²) in [7, 11) is 0. The minimum atomic E-state index is -0.418. The summed E-state index contributed by atoms with van der Waals surface area (Å²) in [5, 5.41) is 21.2. The Bertz CT molecular complexity index is 951. The van der Waals surface area contributed by atoms with Gasteiger partial charge in [0.1, 0.15) is 28.9 Å². The zero-order valence-corrected chi connectivity index (χ0v) is 17.2. The standard InChI is InChI=1S/C25H28O4/c1-16(2)8-7-9-17(3)12-13-19-20(26)14-23-24(25(19)28)21(27)15-22(29-23)18-10-5-4-6-11-18/h4-6,8,10-12,14,22,26,28H,7,9,13,15H2,1-3H3/b17-12+/t22-/m0/s1. The van der Waals surface area contributed by atoms with Crippen LogP contribution in [0.2, 0.25) is 0 Å². The molecule has 3 rings (SSSR count). The lowest BCUT2D eigenvalue weighted by Crippen LogP contribution is -2.20. The van der Waals surface area contributed by atoms with Crippen LogP contribution in [0.1, 0.15) is 67.6 Å². The molecule has 1 atom stereocenters. The van der Waals surface area contributed by atoms with Gasteiger partial charge in [-0.05, 0) is 45.6 Å². The summed E-state index contributed by atoms with van der Waals surface area (Å²) < 4.78 is 5.94. The van der Waals surface area contributed by atoms with Crippen LogP contribution in [0.3, 0.4) is 0 Å². The van der Waals surface area contributed by atoms with Gasteiger partial charge in [-0.25, -0.2) is 0 Å². The zero-order valence-electron chi connectivity index (χ0n) is 17.2. The van der Waals surface area contributed by atoms with Crippen molar-refractivity contribution in [2.24, 2.45) is 0 Å². The summed E-state index contributed by atoms with van der Waals surface area (Å²) in [6.07, 6.45) is 6.15. The smallest absolute Gasteiger partial charge is 0.174 e. The minimum absolute atomic E-state index is 0.0592. The molecule has 0 aliphatic carbocycles. The summed E-state index contributed by atoms with van der Waals surface area (Å²) in [4.78, 5) is 12.8. The number of ether oxygens (including phenoxy) is 1. The van der Waals surface area contributed by atoms with Crippen molar-refractivity contribution in [2.75, 3.05) is 0 Å². The number of allylic oxidation sites excluding steroid dienone is 4. The fraction of sp³-hybridized carbons (Fsp3) is 0.320. The number of hydrogen-bond acceptors (Lipinski definition) is 4. The molecule has 2 N–H and O–H groups in total. The molecule has 0 aromatic heterocycles. The Morgan fingerprint density at radius 2 is 1.86 bits per heavy atom. The Morgan fingerprint density at radius 3 is 2.55 bits per heavy atom. The number of phenolic OH excluding ortho intramolecular Hbond substituents is 2. The molecular formula is C25H28O4. The van der Waals surface area contributed by atoms with Crippen LogP contribution >= 0.6 is 0 Å². The van der Waals surface area contributed by atoms with Gasteiger partial charge >= 0.3 is 0 Å². The molecule has 152 valence electrons. The van der Waals surface area contributed by atoms with Gasteiger partial charge in [0.25, 0.3) is 0 Å². The van der Waals surface area contributed by atoms with Crippen LogP contribution in [0.5, 0.6) is 17.2 Å². The fourth-order valence-corrected chi connectivity index (χ4v) is 3.52. The van der Waals surface area contributed by atoms with E-state index in [0.717, 1.165) is 18.4 Å².